The number of ether oxygens (including phenoxy) is 3. The Morgan fingerprint density at radius 3 is 3.00 bits per heavy atom. The summed E-state index contributed by atoms with van der Waals surface area (Å²) in [6.07, 6.45) is 2.40. The maximum Gasteiger partial charge on any atom is 0.234 e. The highest BCUT2D eigenvalue weighted by Gasteiger charge is 2.21. The van der Waals surface area contributed by atoms with E-state index in [1.54, 1.807) is 11.3 Å². The third-order valence-electron chi connectivity index (χ3n) is 4.74. The summed E-state index contributed by atoms with van der Waals surface area (Å²) < 4.78 is 16.5. The third-order valence-corrected chi connectivity index (χ3v) is 5.60. The Labute approximate surface area is 163 Å². The first-order valence-electron chi connectivity index (χ1n) is 9.28. The molecule has 1 aromatic heterocycles. The molecule has 0 aliphatic carbocycles. The molecular formula is C20H24N2O4S. The van der Waals surface area contributed by atoms with Crippen LogP contribution in [0.15, 0.2) is 35.7 Å². The van der Waals surface area contributed by atoms with Gasteiger partial charge in [-0.15, -0.1) is 11.3 Å². The van der Waals surface area contributed by atoms with E-state index in [4.69, 9.17) is 14.2 Å². The molecule has 1 atom stereocenters. The molecule has 3 heterocycles. The van der Waals surface area contributed by atoms with Gasteiger partial charge in [0.1, 0.15) is 0 Å². The van der Waals surface area contributed by atoms with Gasteiger partial charge in [-0.25, -0.2) is 0 Å². The first-order valence-corrected chi connectivity index (χ1v) is 10.2. The highest BCUT2D eigenvalue weighted by Crippen LogP contribution is 2.32. The van der Waals surface area contributed by atoms with E-state index < -0.39 is 0 Å². The lowest BCUT2D eigenvalue weighted by atomic mass is 10.2. The summed E-state index contributed by atoms with van der Waals surface area (Å²) >= 11 is 1.72. The van der Waals surface area contributed by atoms with Gasteiger partial charge in [0.15, 0.2) is 11.5 Å². The average molecular weight is 388 g/mol. The molecule has 2 aliphatic rings. The molecule has 0 bridgehead atoms. The second-order valence-corrected chi connectivity index (χ2v) is 7.88. The minimum Gasteiger partial charge on any atom is -0.454 e. The summed E-state index contributed by atoms with van der Waals surface area (Å²) in [5, 5.41) is 5.08. The van der Waals surface area contributed by atoms with Gasteiger partial charge >= 0.3 is 0 Å². The van der Waals surface area contributed by atoms with Crippen molar-refractivity contribution in [3.05, 3.63) is 46.2 Å². The molecule has 4 rings (SSSR count). The minimum atomic E-state index is 0.0159. The van der Waals surface area contributed by atoms with Crippen molar-refractivity contribution in [2.75, 3.05) is 26.5 Å². The second-order valence-electron chi connectivity index (χ2n) is 6.85. The number of benzene rings is 1. The summed E-state index contributed by atoms with van der Waals surface area (Å²) in [4.78, 5) is 16.0. The standard InChI is InChI=1S/C20H24N2O4S/c23-20(21-10-15-5-6-18-19(9-15)26-14-25-18)13-22(11-16-3-1-7-24-16)12-17-4-2-8-27-17/h2,4-6,8-9,16H,1,3,7,10-14H2,(H,21,23)/t16-/m1/s1. The summed E-state index contributed by atoms with van der Waals surface area (Å²) in [6.45, 7) is 3.48. The fraction of sp³-hybridized carbons (Fsp3) is 0.450. The lowest BCUT2D eigenvalue weighted by molar-refractivity contribution is -0.122. The minimum absolute atomic E-state index is 0.0159. The largest absolute Gasteiger partial charge is 0.454 e. The molecule has 1 aromatic carbocycles. The number of carbonyl (C=O) groups excluding carboxylic acids is 1. The number of rotatable bonds is 8. The number of nitrogens with one attached hydrogen (secondary N) is 1. The van der Waals surface area contributed by atoms with Crippen LogP contribution in [0.5, 0.6) is 11.5 Å². The van der Waals surface area contributed by atoms with E-state index in [9.17, 15) is 4.79 Å². The summed E-state index contributed by atoms with van der Waals surface area (Å²) in [5.74, 6) is 1.51. The van der Waals surface area contributed by atoms with E-state index in [1.807, 2.05) is 24.3 Å². The van der Waals surface area contributed by atoms with Gasteiger partial charge in [-0.3, -0.25) is 9.69 Å². The van der Waals surface area contributed by atoms with Crippen LogP contribution in [0.3, 0.4) is 0 Å². The van der Waals surface area contributed by atoms with Crippen LogP contribution in [-0.4, -0.2) is 43.4 Å². The van der Waals surface area contributed by atoms with E-state index >= 15 is 0 Å². The van der Waals surface area contributed by atoms with Crippen molar-refractivity contribution in [1.82, 2.24) is 10.2 Å². The molecule has 0 spiro atoms. The van der Waals surface area contributed by atoms with Crippen LogP contribution in [0.4, 0.5) is 0 Å². The number of carbonyl (C=O) groups is 1. The highest BCUT2D eigenvalue weighted by molar-refractivity contribution is 7.09. The van der Waals surface area contributed by atoms with Crippen LogP contribution in [-0.2, 0) is 22.6 Å². The topological polar surface area (TPSA) is 60.0 Å². The van der Waals surface area contributed by atoms with E-state index in [0.29, 0.717) is 13.1 Å². The molecule has 1 fully saturated rings. The van der Waals surface area contributed by atoms with Crippen LogP contribution in [0, 0.1) is 0 Å². The number of hydrogen-bond donors (Lipinski definition) is 1. The smallest absolute Gasteiger partial charge is 0.234 e. The highest BCUT2D eigenvalue weighted by atomic mass is 32.1. The maximum absolute atomic E-state index is 12.5. The molecule has 0 radical (unpaired) electrons. The molecule has 0 saturated carbocycles. The molecule has 144 valence electrons. The number of amides is 1. The SMILES string of the molecule is O=C(CN(Cc1cccs1)C[C@H]1CCCO1)NCc1ccc2c(c1)OCO2. The van der Waals surface area contributed by atoms with E-state index in [0.717, 1.165) is 49.6 Å². The second kappa shape index (κ2) is 8.73. The number of hydrogen-bond acceptors (Lipinski definition) is 6. The predicted molar refractivity (Wildman–Crippen MR) is 103 cm³/mol. The zero-order valence-corrected chi connectivity index (χ0v) is 16.0. The van der Waals surface area contributed by atoms with Crippen molar-refractivity contribution in [1.29, 1.82) is 0 Å². The zero-order chi connectivity index (χ0) is 18.5. The van der Waals surface area contributed by atoms with E-state index in [1.165, 1.54) is 4.88 Å². The molecular weight excluding hydrogens is 364 g/mol. The van der Waals surface area contributed by atoms with Gasteiger partial charge in [0.25, 0.3) is 0 Å². The van der Waals surface area contributed by atoms with Crippen molar-refractivity contribution < 1.29 is 19.0 Å². The first kappa shape index (κ1) is 18.3. The quantitative estimate of drug-likeness (QED) is 0.754. The van der Waals surface area contributed by atoms with Crippen molar-refractivity contribution in [3.8, 4) is 11.5 Å². The van der Waals surface area contributed by atoms with Gasteiger partial charge in [-0.2, -0.15) is 0 Å². The molecule has 1 saturated heterocycles. The number of thiophene rings is 1. The van der Waals surface area contributed by atoms with E-state index in [2.05, 4.69) is 21.7 Å². The van der Waals surface area contributed by atoms with Crippen LogP contribution < -0.4 is 14.8 Å². The lowest BCUT2D eigenvalue weighted by Gasteiger charge is -2.24. The van der Waals surface area contributed by atoms with Crippen LogP contribution >= 0.6 is 11.3 Å². The predicted octanol–water partition coefficient (Wildman–Crippen LogP) is 2.77. The molecule has 27 heavy (non-hydrogen) atoms. The molecule has 1 amide bonds. The van der Waals surface area contributed by atoms with Crippen LogP contribution in [0.2, 0.25) is 0 Å². The van der Waals surface area contributed by atoms with Crippen LogP contribution in [0.1, 0.15) is 23.3 Å². The van der Waals surface area contributed by atoms with Crippen molar-refractivity contribution in [2.24, 2.45) is 0 Å². The van der Waals surface area contributed by atoms with Gasteiger partial charge < -0.3 is 19.5 Å². The van der Waals surface area contributed by atoms with E-state index in [-0.39, 0.29) is 18.8 Å². The van der Waals surface area contributed by atoms with Crippen molar-refractivity contribution >= 4 is 17.2 Å². The fourth-order valence-electron chi connectivity index (χ4n) is 3.39. The summed E-state index contributed by atoms with van der Waals surface area (Å²) in [6, 6.07) is 9.90. The van der Waals surface area contributed by atoms with Gasteiger partial charge in [0.2, 0.25) is 12.7 Å². The lowest BCUT2D eigenvalue weighted by Crippen LogP contribution is -2.40. The fourth-order valence-corrected chi connectivity index (χ4v) is 4.14. The molecule has 7 heteroatoms. The Morgan fingerprint density at radius 1 is 1.26 bits per heavy atom. The van der Waals surface area contributed by atoms with Gasteiger partial charge in [0, 0.05) is 31.1 Å². The Morgan fingerprint density at radius 2 is 2.19 bits per heavy atom. The zero-order valence-electron chi connectivity index (χ0n) is 15.2. The summed E-state index contributed by atoms with van der Waals surface area (Å²) in [7, 11) is 0. The molecule has 1 N–H and O–H groups in total. The molecule has 2 aliphatic heterocycles. The normalized spacial score (nSPS) is 18.2. The monoisotopic (exact) mass is 388 g/mol. The van der Waals surface area contributed by atoms with Crippen molar-refractivity contribution in [2.45, 2.75) is 32.0 Å². The Bertz CT molecular complexity index is 759. The Balaban J connectivity index is 1.31. The van der Waals surface area contributed by atoms with Gasteiger partial charge in [-0.05, 0) is 42.0 Å². The number of fused-ring (bicyclic) bond motifs is 1. The third kappa shape index (κ3) is 5.00. The molecule has 0 unspecified atom stereocenters. The maximum atomic E-state index is 12.5. The Kier molecular flexibility index (Phi) is 5.91. The molecule has 6 nitrogen and oxygen atoms in total. The Hall–Kier alpha value is -2.09. The average Bonchev–Trinajstić information content (AvgIpc) is 3.42. The van der Waals surface area contributed by atoms with Gasteiger partial charge in [0.05, 0.1) is 12.6 Å². The number of nitrogens with zero attached hydrogens (tertiary/aromatic N) is 1. The summed E-state index contributed by atoms with van der Waals surface area (Å²) in [5.41, 5.74) is 0.997. The first-order chi connectivity index (χ1) is 13.3. The van der Waals surface area contributed by atoms with Crippen molar-refractivity contribution in [3.63, 3.8) is 0 Å². The molecule has 2 aromatic rings. The van der Waals surface area contributed by atoms with Gasteiger partial charge in [-0.1, -0.05) is 12.1 Å². The van der Waals surface area contributed by atoms with Crippen LogP contribution in [0.25, 0.3) is 0 Å².